The molecule has 2 aromatic rings. The molecule has 0 aromatic carbocycles. The molecule has 0 atom stereocenters. The van der Waals surface area contributed by atoms with Crippen molar-refractivity contribution in [3.8, 4) is 0 Å². The van der Waals surface area contributed by atoms with Crippen LogP contribution in [0.5, 0.6) is 0 Å². The molecule has 2 rings (SSSR count). The van der Waals surface area contributed by atoms with Crippen LogP contribution in [0.15, 0.2) is 49.1 Å². The standard InChI is InChI=1S/2C4H5N.H2O4S/c2*1-2-4-5-3-1;1-5(2,3)4/h2*1-5H;(H2,1,2,3,4). The van der Waals surface area contributed by atoms with Gasteiger partial charge < -0.3 is 9.97 Å². The Morgan fingerprint density at radius 1 is 0.733 bits per heavy atom. The predicted octanol–water partition coefficient (Wildman–Crippen LogP) is 1.38. The largest absolute Gasteiger partial charge is 0.394 e. The fourth-order valence-corrected chi connectivity index (χ4v) is 0.556. The maximum Gasteiger partial charge on any atom is 0.394 e. The van der Waals surface area contributed by atoms with Crippen LogP contribution in [0.1, 0.15) is 0 Å². The van der Waals surface area contributed by atoms with Crippen molar-refractivity contribution in [2.24, 2.45) is 0 Å². The summed E-state index contributed by atoms with van der Waals surface area (Å²) in [5, 5.41) is 0. The fraction of sp³-hybridized carbons (Fsp3) is 0. The molecule has 6 nitrogen and oxygen atoms in total. The lowest BCUT2D eigenvalue weighted by Gasteiger charge is -1.68. The minimum absolute atomic E-state index is 1.88. The monoisotopic (exact) mass is 232 g/mol. The zero-order valence-electron chi connectivity index (χ0n) is 7.74. The molecule has 0 saturated carbocycles. The van der Waals surface area contributed by atoms with E-state index >= 15 is 0 Å². The second kappa shape index (κ2) is 7.80. The van der Waals surface area contributed by atoms with Gasteiger partial charge in [-0.2, -0.15) is 8.42 Å². The van der Waals surface area contributed by atoms with Gasteiger partial charge in [0.2, 0.25) is 0 Å². The van der Waals surface area contributed by atoms with Crippen molar-refractivity contribution in [3.63, 3.8) is 0 Å². The third-order valence-electron chi connectivity index (χ3n) is 0.992. The van der Waals surface area contributed by atoms with Crippen molar-refractivity contribution in [3.05, 3.63) is 49.1 Å². The van der Waals surface area contributed by atoms with Gasteiger partial charge in [0, 0.05) is 24.8 Å². The van der Waals surface area contributed by atoms with E-state index < -0.39 is 10.4 Å². The highest BCUT2D eigenvalue weighted by molar-refractivity contribution is 7.79. The van der Waals surface area contributed by atoms with Crippen LogP contribution < -0.4 is 0 Å². The lowest BCUT2D eigenvalue weighted by atomic mass is 10.7. The molecule has 0 aliphatic rings. The summed E-state index contributed by atoms with van der Waals surface area (Å²) in [7, 11) is -4.67. The van der Waals surface area contributed by atoms with Gasteiger partial charge in [0.15, 0.2) is 0 Å². The van der Waals surface area contributed by atoms with Gasteiger partial charge in [0.05, 0.1) is 0 Å². The van der Waals surface area contributed by atoms with Crippen molar-refractivity contribution in [2.75, 3.05) is 0 Å². The highest BCUT2D eigenvalue weighted by atomic mass is 32.3. The topological polar surface area (TPSA) is 106 Å². The number of H-pyrrole nitrogens is 2. The van der Waals surface area contributed by atoms with Crippen LogP contribution >= 0.6 is 0 Å². The fourth-order valence-electron chi connectivity index (χ4n) is 0.556. The first kappa shape index (κ1) is 13.4. The molecule has 0 saturated heterocycles. The highest BCUT2D eigenvalue weighted by Gasteiger charge is 1.84. The summed E-state index contributed by atoms with van der Waals surface area (Å²) in [6, 6.07) is 7.78. The first-order valence-corrected chi connectivity index (χ1v) is 5.25. The van der Waals surface area contributed by atoms with Crippen molar-refractivity contribution in [1.82, 2.24) is 9.97 Å². The smallest absolute Gasteiger partial charge is 0.368 e. The van der Waals surface area contributed by atoms with E-state index in [4.69, 9.17) is 17.5 Å². The Bertz CT molecular complexity index is 325. The lowest BCUT2D eigenvalue weighted by Crippen LogP contribution is -1.89. The van der Waals surface area contributed by atoms with Gasteiger partial charge in [-0.25, -0.2) is 0 Å². The van der Waals surface area contributed by atoms with Crippen LogP contribution in [0.3, 0.4) is 0 Å². The van der Waals surface area contributed by atoms with Gasteiger partial charge in [0.25, 0.3) is 0 Å². The zero-order valence-corrected chi connectivity index (χ0v) is 8.55. The minimum atomic E-state index is -4.67. The van der Waals surface area contributed by atoms with E-state index in [1.807, 2.05) is 49.1 Å². The number of rotatable bonds is 0. The molecular formula is C8H12N2O4S. The van der Waals surface area contributed by atoms with Crippen molar-refractivity contribution >= 4 is 10.4 Å². The summed E-state index contributed by atoms with van der Waals surface area (Å²) >= 11 is 0. The summed E-state index contributed by atoms with van der Waals surface area (Å²) in [5.74, 6) is 0. The SMILES string of the molecule is O=S(=O)(O)O.c1cc[nH]c1.c1cc[nH]c1. The molecule has 0 aliphatic heterocycles. The van der Waals surface area contributed by atoms with E-state index in [2.05, 4.69) is 9.97 Å². The summed E-state index contributed by atoms with van der Waals surface area (Å²) in [6.45, 7) is 0. The number of nitrogens with one attached hydrogen (secondary N) is 2. The second-order valence-electron chi connectivity index (χ2n) is 2.22. The molecule has 84 valence electrons. The molecule has 0 bridgehead atoms. The molecule has 0 amide bonds. The van der Waals surface area contributed by atoms with E-state index in [-0.39, 0.29) is 0 Å². The Hall–Kier alpha value is -1.57. The quantitative estimate of drug-likeness (QED) is 0.515. The van der Waals surface area contributed by atoms with Crippen molar-refractivity contribution in [2.45, 2.75) is 0 Å². The van der Waals surface area contributed by atoms with Crippen LogP contribution in [0.25, 0.3) is 0 Å². The number of aromatic amines is 2. The first-order chi connectivity index (χ1) is 7.00. The van der Waals surface area contributed by atoms with Gasteiger partial charge in [-0.1, -0.05) is 0 Å². The Morgan fingerprint density at radius 3 is 1.00 bits per heavy atom. The molecule has 0 fully saturated rings. The summed E-state index contributed by atoms with van der Waals surface area (Å²) in [5.41, 5.74) is 0. The molecule has 0 radical (unpaired) electrons. The van der Waals surface area contributed by atoms with Crippen molar-refractivity contribution < 1.29 is 17.5 Å². The summed E-state index contributed by atoms with van der Waals surface area (Å²) in [4.78, 5) is 5.72. The Balaban J connectivity index is 0.000000196. The average molecular weight is 232 g/mol. The first-order valence-electron chi connectivity index (χ1n) is 3.85. The normalized spacial score (nSPS) is 9.20. The molecule has 0 spiro atoms. The molecule has 4 N–H and O–H groups in total. The van der Waals surface area contributed by atoms with E-state index in [0.717, 1.165) is 0 Å². The Kier molecular flexibility index (Phi) is 6.98. The minimum Gasteiger partial charge on any atom is -0.368 e. The highest BCUT2D eigenvalue weighted by Crippen LogP contribution is 1.72. The van der Waals surface area contributed by atoms with Gasteiger partial charge >= 0.3 is 10.4 Å². The van der Waals surface area contributed by atoms with Crippen LogP contribution in [-0.2, 0) is 10.4 Å². The predicted molar refractivity (Wildman–Crippen MR) is 55.8 cm³/mol. The second-order valence-corrected chi connectivity index (χ2v) is 3.11. The van der Waals surface area contributed by atoms with Gasteiger partial charge in [-0.15, -0.1) is 0 Å². The van der Waals surface area contributed by atoms with E-state index in [0.29, 0.717) is 0 Å². The Morgan fingerprint density at radius 2 is 0.933 bits per heavy atom. The molecule has 7 heteroatoms. The van der Waals surface area contributed by atoms with Crippen LogP contribution in [0.4, 0.5) is 0 Å². The average Bonchev–Trinajstić information content (AvgIpc) is 2.81. The molecule has 2 heterocycles. The molecule has 0 unspecified atom stereocenters. The number of aromatic nitrogens is 2. The maximum atomic E-state index is 8.74. The summed E-state index contributed by atoms with van der Waals surface area (Å²) < 4.78 is 31.6. The van der Waals surface area contributed by atoms with Crippen molar-refractivity contribution in [1.29, 1.82) is 0 Å². The van der Waals surface area contributed by atoms with Crippen LogP contribution in [-0.4, -0.2) is 27.5 Å². The number of hydrogen-bond acceptors (Lipinski definition) is 2. The third-order valence-corrected chi connectivity index (χ3v) is 0.992. The third kappa shape index (κ3) is 19.0. The molecular weight excluding hydrogens is 220 g/mol. The van der Waals surface area contributed by atoms with E-state index in [9.17, 15) is 0 Å². The zero-order chi connectivity index (χ0) is 11.6. The van der Waals surface area contributed by atoms with Crippen LogP contribution in [0, 0.1) is 0 Å². The summed E-state index contributed by atoms with van der Waals surface area (Å²) in [6.07, 6.45) is 7.50. The van der Waals surface area contributed by atoms with Gasteiger partial charge in [-0.05, 0) is 24.3 Å². The van der Waals surface area contributed by atoms with E-state index in [1.165, 1.54) is 0 Å². The molecule has 2 aromatic heterocycles. The maximum absolute atomic E-state index is 8.74. The molecule has 0 aliphatic carbocycles. The Labute approximate surface area is 87.6 Å². The lowest BCUT2D eigenvalue weighted by molar-refractivity contribution is 0.381. The molecule has 15 heavy (non-hydrogen) atoms. The van der Waals surface area contributed by atoms with E-state index in [1.54, 1.807) is 0 Å². The van der Waals surface area contributed by atoms with Crippen LogP contribution in [0.2, 0.25) is 0 Å². The van der Waals surface area contributed by atoms with Gasteiger partial charge in [-0.3, -0.25) is 9.11 Å². The van der Waals surface area contributed by atoms with Gasteiger partial charge in [0.1, 0.15) is 0 Å². The number of hydrogen-bond donors (Lipinski definition) is 4.